The highest BCUT2D eigenvalue weighted by atomic mass is 35.5. The summed E-state index contributed by atoms with van der Waals surface area (Å²) in [6.45, 7) is 2.76. The van der Waals surface area contributed by atoms with Gasteiger partial charge < -0.3 is 4.57 Å². The molecule has 31 heavy (non-hydrogen) atoms. The number of halogens is 1. The second-order valence-electron chi connectivity index (χ2n) is 7.61. The van der Waals surface area contributed by atoms with Crippen molar-refractivity contribution in [1.82, 2.24) is 19.7 Å². The van der Waals surface area contributed by atoms with Gasteiger partial charge in [-0.1, -0.05) is 59.8 Å². The molecule has 2 unspecified atom stereocenters. The van der Waals surface area contributed by atoms with Gasteiger partial charge in [0.2, 0.25) is 0 Å². The molecular weight excluding hydrogens is 432 g/mol. The van der Waals surface area contributed by atoms with E-state index in [9.17, 15) is 4.79 Å². The zero-order valence-corrected chi connectivity index (χ0v) is 19.1. The number of rotatable bonds is 7. The van der Waals surface area contributed by atoms with Crippen molar-refractivity contribution in [2.75, 3.05) is 19.8 Å². The molecule has 2 aromatic rings. The maximum atomic E-state index is 12.4. The molecule has 2 aliphatic rings. The van der Waals surface area contributed by atoms with E-state index in [4.69, 9.17) is 11.6 Å². The molecule has 7 nitrogen and oxygen atoms in total. The van der Waals surface area contributed by atoms with E-state index in [1.54, 1.807) is 18.2 Å². The number of benzene rings is 1. The first-order chi connectivity index (χ1) is 14.9. The number of aromatic nitrogens is 3. The van der Waals surface area contributed by atoms with Crippen molar-refractivity contribution in [2.24, 2.45) is 15.9 Å². The van der Waals surface area contributed by atoms with Crippen LogP contribution in [0.1, 0.15) is 24.4 Å². The van der Waals surface area contributed by atoms with Crippen LogP contribution in [0.2, 0.25) is 0 Å². The summed E-state index contributed by atoms with van der Waals surface area (Å²) in [5.41, 5.74) is 1.80. The normalized spacial score (nSPS) is 19.1. The molecule has 1 aromatic heterocycles. The fourth-order valence-electron chi connectivity index (χ4n) is 3.30. The Balaban J connectivity index is 1.57. The van der Waals surface area contributed by atoms with Crippen molar-refractivity contribution in [3.8, 4) is 0 Å². The lowest BCUT2D eigenvalue weighted by Crippen LogP contribution is -2.28. The molecule has 2 heterocycles. The Morgan fingerprint density at radius 1 is 1.19 bits per heavy atom. The number of fused-ring (bicyclic) bond motifs is 1. The number of aliphatic imine (C=N–C) groups is 2. The molecule has 1 aliphatic carbocycles. The monoisotopic (exact) mass is 454 g/mol. The van der Waals surface area contributed by atoms with E-state index >= 15 is 0 Å². The van der Waals surface area contributed by atoms with Gasteiger partial charge in [-0.2, -0.15) is 4.99 Å². The van der Waals surface area contributed by atoms with Gasteiger partial charge in [0.25, 0.3) is 5.91 Å². The first-order valence-electron chi connectivity index (χ1n) is 9.94. The van der Waals surface area contributed by atoms with Crippen LogP contribution in [0.5, 0.6) is 0 Å². The number of amides is 1. The van der Waals surface area contributed by atoms with E-state index in [2.05, 4.69) is 48.7 Å². The smallest absolute Gasteiger partial charge is 0.260 e. The summed E-state index contributed by atoms with van der Waals surface area (Å²) >= 11 is 7.55. The van der Waals surface area contributed by atoms with E-state index in [1.165, 1.54) is 17.3 Å². The molecule has 0 fully saturated rings. The number of carbonyl (C=O) groups is 1. The molecule has 160 valence electrons. The molecule has 0 N–H and O–H groups in total. The summed E-state index contributed by atoms with van der Waals surface area (Å²) in [6.07, 6.45) is 5.17. The Labute approximate surface area is 190 Å². The van der Waals surface area contributed by atoms with Crippen molar-refractivity contribution in [2.45, 2.75) is 24.7 Å². The topological polar surface area (TPSA) is 75.7 Å². The lowest BCUT2D eigenvalue weighted by molar-refractivity contribution is -0.118. The van der Waals surface area contributed by atoms with E-state index in [-0.39, 0.29) is 11.9 Å². The van der Waals surface area contributed by atoms with Crippen LogP contribution < -0.4 is 0 Å². The quantitative estimate of drug-likeness (QED) is 0.596. The van der Waals surface area contributed by atoms with Crippen molar-refractivity contribution < 1.29 is 4.79 Å². The maximum absolute atomic E-state index is 12.4. The predicted octanol–water partition coefficient (Wildman–Crippen LogP) is 3.73. The van der Waals surface area contributed by atoms with Gasteiger partial charge in [0, 0.05) is 5.03 Å². The second-order valence-corrected chi connectivity index (χ2v) is 8.99. The van der Waals surface area contributed by atoms with Crippen molar-refractivity contribution in [1.29, 1.82) is 0 Å². The molecule has 2 atom stereocenters. The molecule has 0 spiro atoms. The average Bonchev–Trinajstić information content (AvgIpc) is 3.14. The second kappa shape index (κ2) is 9.30. The van der Waals surface area contributed by atoms with Crippen molar-refractivity contribution >= 4 is 40.8 Å². The first kappa shape index (κ1) is 21.7. The standard InChI is InChI=1S/C22H23ClN6OS/c1-14(28(2)3)20-26-27-22(29(20)12-15-7-5-4-6-8-15)31-13-19-24-18-11-16(23)9-10-17(18)21(30)25-19/h4-11,14,17H,12-13H2,1-3H3. The van der Waals surface area contributed by atoms with Crippen LogP contribution in [0.3, 0.4) is 0 Å². The zero-order chi connectivity index (χ0) is 22.0. The van der Waals surface area contributed by atoms with Gasteiger partial charge in [-0.25, -0.2) is 4.99 Å². The van der Waals surface area contributed by atoms with Crippen molar-refractivity contribution in [3.05, 3.63) is 65.0 Å². The van der Waals surface area contributed by atoms with Crippen LogP contribution >= 0.6 is 23.4 Å². The van der Waals surface area contributed by atoms with Gasteiger partial charge in [0.05, 0.1) is 24.1 Å². The molecule has 0 saturated heterocycles. The molecule has 4 rings (SSSR count). The maximum Gasteiger partial charge on any atom is 0.260 e. The van der Waals surface area contributed by atoms with E-state index < -0.39 is 5.92 Å². The van der Waals surface area contributed by atoms with Crippen LogP contribution in [-0.2, 0) is 11.3 Å². The largest absolute Gasteiger partial charge is 0.300 e. The number of allylic oxidation sites excluding steroid dienone is 3. The highest BCUT2D eigenvalue weighted by Gasteiger charge is 2.28. The van der Waals surface area contributed by atoms with E-state index in [0.29, 0.717) is 28.9 Å². The Kier molecular flexibility index (Phi) is 6.50. The number of amidine groups is 1. The summed E-state index contributed by atoms with van der Waals surface area (Å²) in [4.78, 5) is 23.2. The van der Waals surface area contributed by atoms with Gasteiger partial charge >= 0.3 is 0 Å². The third kappa shape index (κ3) is 4.87. The molecule has 9 heteroatoms. The summed E-state index contributed by atoms with van der Waals surface area (Å²) in [7, 11) is 4.04. The third-order valence-electron chi connectivity index (χ3n) is 5.22. The van der Waals surface area contributed by atoms with Gasteiger partial charge in [0.1, 0.15) is 11.8 Å². The van der Waals surface area contributed by atoms with E-state index in [1.807, 2.05) is 32.3 Å². The molecule has 0 radical (unpaired) electrons. The van der Waals surface area contributed by atoms with Crippen LogP contribution in [0.4, 0.5) is 0 Å². The molecular formula is C22H23ClN6OS. The minimum absolute atomic E-state index is 0.0986. The summed E-state index contributed by atoms with van der Waals surface area (Å²) < 4.78 is 2.12. The van der Waals surface area contributed by atoms with Crippen LogP contribution in [-0.4, -0.2) is 57.0 Å². The van der Waals surface area contributed by atoms with Gasteiger partial charge in [-0.05, 0) is 38.7 Å². The molecule has 1 aromatic carbocycles. The number of hydrogen-bond donors (Lipinski definition) is 0. The molecule has 0 saturated carbocycles. The lowest BCUT2D eigenvalue weighted by Gasteiger charge is -2.21. The van der Waals surface area contributed by atoms with Gasteiger partial charge in [-0.3, -0.25) is 9.69 Å². The highest BCUT2D eigenvalue weighted by molar-refractivity contribution is 7.99. The summed E-state index contributed by atoms with van der Waals surface area (Å²) in [6, 6.07) is 10.3. The minimum Gasteiger partial charge on any atom is -0.300 e. The number of nitrogens with zero attached hydrogens (tertiary/aromatic N) is 6. The SMILES string of the molecule is CC(c1nnc(SCC2=NC(=O)C3C=CC(Cl)=CC3=N2)n1Cc1ccccc1)N(C)C. The number of carbonyl (C=O) groups excluding carboxylic acids is 1. The van der Waals surface area contributed by atoms with Gasteiger partial charge in [-0.15, -0.1) is 10.2 Å². The fraction of sp³-hybridized carbons (Fsp3) is 0.318. The van der Waals surface area contributed by atoms with Gasteiger partial charge in [0.15, 0.2) is 11.0 Å². The number of hydrogen-bond acceptors (Lipinski definition) is 6. The van der Waals surface area contributed by atoms with Crippen LogP contribution in [0, 0.1) is 5.92 Å². The molecule has 1 amide bonds. The number of thioether (sulfide) groups is 1. The fourth-order valence-corrected chi connectivity index (χ4v) is 4.29. The Morgan fingerprint density at radius 2 is 1.97 bits per heavy atom. The average molecular weight is 455 g/mol. The zero-order valence-electron chi connectivity index (χ0n) is 17.6. The highest BCUT2D eigenvalue weighted by Crippen LogP contribution is 2.26. The Bertz CT molecular complexity index is 1100. The lowest BCUT2D eigenvalue weighted by atomic mass is 9.96. The Morgan fingerprint density at radius 3 is 2.71 bits per heavy atom. The van der Waals surface area contributed by atoms with Crippen LogP contribution in [0.25, 0.3) is 0 Å². The van der Waals surface area contributed by atoms with E-state index in [0.717, 1.165) is 11.0 Å². The molecule has 1 aliphatic heterocycles. The summed E-state index contributed by atoms with van der Waals surface area (Å²) in [5.74, 6) is 1.11. The third-order valence-corrected chi connectivity index (χ3v) is 6.42. The predicted molar refractivity (Wildman–Crippen MR) is 125 cm³/mol. The van der Waals surface area contributed by atoms with Crippen molar-refractivity contribution in [3.63, 3.8) is 0 Å². The Hall–Kier alpha value is -2.55. The first-order valence-corrected chi connectivity index (χ1v) is 11.3. The summed E-state index contributed by atoms with van der Waals surface area (Å²) in [5, 5.41) is 10.2. The minimum atomic E-state index is -0.439. The molecule has 0 bridgehead atoms. The van der Waals surface area contributed by atoms with Crippen LogP contribution in [0.15, 0.2) is 68.7 Å².